The summed E-state index contributed by atoms with van der Waals surface area (Å²) in [4.78, 5) is 24.0. The average molecular weight is 350 g/mol. The molecule has 0 aliphatic carbocycles. The summed E-state index contributed by atoms with van der Waals surface area (Å²) in [6.45, 7) is 2.55. The molecule has 2 aromatic rings. The highest BCUT2D eigenvalue weighted by molar-refractivity contribution is 6.30. The van der Waals surface area contributed by atoms with Gasteiger partial charge in [-0.1, -0.05) is 23.7 Å². The van der Waals surface area contributed by atoms with Crippen molar-refractivity contribution >= 4 is 17.5 Å². The number of carbonyl (C=O) groups is 1. The third-order valence-corrected chi connectivity index (χ3v) is 3.65. The molecule has 1 heterocycles. The highest BCUT2D eigenvalue weighted by Gasteiger charge is 2.13. The maximum Gasteiger partial charge on any atom is 0.271 e. The van der Waals surface area contributed by atoms with E-state index in [9.17, 15) is 9.59 Å². The Bertz CT molecular complexity index is 761. The Kier molecular flexibility index (Phi) is 6.52. The largest absolute Gasteiger partial charge is 0.383 e. The van der Waals surface area contributed by atoms with Crippen LogP contribution < -0.4 is 10.9 Å². The van der Waals surface area contributed by atoms with Gasteiger partial charge in [-0.25, -0.2) is 4.68 Å². The highest BCUT2D eigenvalue weighted by Crippen LogP contribution is 2.12. The minimum absolute atomic E-state index is 0.0999. The zero-order valence-corrected chi connectivity index (χ0v) is 14.4. The van der Waals surface area contributed by atoms with Gasteiger partial charge in [0.2, 0.25) is 0 Å². The summed E-state index contributed by atoms with van der Waals surface area (Å²) in [6, 6.07) is 10.2. The molecule has 0 radical (unpaired) electrons. The smallest absolute Gasteiger partial charge is 0.271 e. The SMILES string of the molecule is COCCn1nc(C(=O)N[C@H](C)Cc2cccc(Cl)c2)ccc1=O. The summed E-state index contributed by atoms with van der Waals surface area (Å²) in [5, 5.41) is 7.62. The van der Waals surface area contributed by atoms with Crippen LogP contribution in [0.1, 0.15) is 23.0 Å². The lowest BCUT2D eigenvalue weighted by molar-refractivity contribution is 0.0931. The number of aromatic nitrogens is 2. The van der Waals surface area contributed by atoms with E-state index in [-0.39, 0.29) is 23.2 Å². The Morgan fingerprint density at radius 2 is 2.17 bits per heavy atom. The van der Waals surface area contributed by atoms with Gasteiger partial charge in [0.1, 0.15) is 5.69 Å². The number of hydrogen-bond acceptors (Lipinski definition) is 4. The second-order valence-electron chi connectivity index (χ2n) is 5.48. The Balaban J connectivity index is 2.02. The van der Waals surface area contributed by atoms with Crippen LogP contribution in [0.2, 0.25) is 5.02 Å². The number of methoxy groups -OCH3 is 1. The first-order valence-corrected chi connectivity index (χ1v) is 8.00. The summed E-state index contributed by atoms with van der Waals surface area (Å²) in [5.74, 6) is -0.323. The fraction of sp³-hybridized carbons (Fsp3) is 0.353. The second kappa shape index (κ2) is 8.61. The van der Waals surface area contributed by atoms with Crippen molar-refractivity contribution in [2.75, 3.05) is 13.7 Å². The van der Waals surface area contributed by atoms with Gasteiger partial charge in [-0.15, -0.1) is 0 Å². The van der Waals surface area contributed by atoms with Crippen molar-refractivity contribution in [3.63, 3.8) is 0 Å². The number of nitrogens with one attached hydrogen (secondary N) is 1. The van der Waals surface area contributed by atoms with Gasteiger partial charge in [-0.3, -0.25) is 9.59 Å². The number of amides is 1. The molecule has 1 N–H and O–H groups in total. The van der Waals surface area contributed by atoms with E-state index in [1.54, 1.807) is 7.11 Å². The molecule has 1 atom stereocenters. The van der Waals surface area contributed by atoms with E-state index in [4.69, 9.17) is 16.3 Å². The van der Waals surface area contributed by atoms with Crippen molar-refractivity contribution in [1.29, 1.82) is 0 Å². The molecule has 1 aromatic carbocycles. The molecular weight excluding hydrogens is 330 g/mol. The quantitative estimate of drug-likeness (QED) is 0.828. The lowest BCUT2D eigenvalue weighted by Gasteiger charge is -2.14. The van der Waals surface area contributed by atoms with Gasteiger partial charge in [0.05, 0.1) is 13.2 Å². The normalized spacial score (nSPS) is 12.0. The third kappa shape index (κ3) is 5.18. The van der Waals surface area contributed by atoms with Gasteiger partial charge in [-0.2, -0.15) is 5.10 Å². The molecule has 1 aromatic heterocycles. The highest BCUT2D eigenvalue weighted by atomic mass is 35.5. The number of nitrogens with zero attached hydrogens (tertiary/aromatic N) is 2. The van der Waals surface area contributed by atoms with Gasteiger partial charge in [-0.05, 0) is 37.1 Å². The molecule has 0 unspecified atom stereocenters. The summed E-state index contributed by atoms with van der Waals surface area (Å²) >= 11 is 5.96. The van der Waals surface area contributed by atoms with E-state index < -0.39 is 0 Å². The molecule has 0 bridgehead atoms. The van der Waals surface area contributed by atoms with Gasteiger partial charge < -0.3 is 10.1 Å². The summed E-state index contributed by atoms with van der Waals surface area (Å²) in [6.07, 6.45) is 0.648. The molecule has 24 heavy (non-hydrogen) atoms. The number of rotatable bonds is 7. The first-order chi connectivity index (χ1) is 11.5. The molecule has 0 aliphatic rings. The molecule has 0 saturated heterocycles. The van der Waals surface area contributed by atoms with Crippen LogP contribution in [0.3, 0.4) is 0 Å². The minimum atomic E-state index is -0.323. The first kappa shape index (κ1) is 18.2. The van der Waals surface area contributed by atoms with Gasteiger partial charge in [0.25, 0.3) is 11.5 Å². The van der Waals surface area contributed by atoms with Crippen molar-refractivity contribution in [2.24, 2.45) is 0 Å². The van der Waals surface area contributed by atoms with E-state index in [1.807, 2.05) is 31.2 Å². The van der Waals surface area contributed by atoms with Crippen molar-refractivity contribution in [3.8, 4) is 0 Å². The minimum Gasteiger partial charge on any atom is -0.383 e. The molecule has 0 saturated carbocycles. The van der Waals surface area contributed by atoms with Crippen LogP contribution >= 0.6 is 11.6 Å². The van der Waals surface area contributed by atoms with Gasteiger partial charge in [0.15, 0.2) is 0 Å². The fourth-order valence-electron chi connectivity index (χ4n) is 2.27. The molecule has 128 valence electrons. The molecule has 0 spiro atoms. The Labute approximate surface area is 145 Å². The van der Waals surface area contributed by atoms with Gasteiger partial charge in [0, 0.05) is 24.2 Å². The number of halogens is 1. The Morgan fingerprint density at radius 3 is 2.88 bits per heavy atom. The Morgan fingerprint density at radius 1 is 1.38 bits per heavy atom. The number of carbonyl (C=O) groups excluding carboxylic acids is 1. The predicted octanol–water partition coefficient (Wildman–Crippen LogP) is 1.90. The van der Waals surface area contributed by atoms with E-state index in [0.717, 1.165) is 5.56 Å². The molecule has 0 aliphatic heterocycles. The lowest BCUT2D eigenvalue weighted by Crippen LogP contribution is -2.36. The third-order valence-electron chi connectivity index (χ3n) is 3.41. The van der Waals surface area contributed by atoms with E-state index in [0.29, 0.717) is 24.6 Å². The molecule has 6 nitrogen and oxygen atoms in total. The maximum atomic E-state index is 12.3. The van der Waals surface area contributed by atoms with Crippen LogP contribution in [0, 0.1) is 0 Å². The zero-order valence-electron chi connectivity index (χ0n) is 13.7. The van der Waals surface area contributed by atoms with Crippen molar-refractivity contribution in [3.05, 3.63) is 63.0 Å². The zero-order chi connectivity index (χ0) is 17.5. The van der Waals surface area contributed by atoms with Crippen molar-refractivity contribution in [2.45, 2.75) is 25.9 Å². The van der Waals surface area contributed by atoms with Gasteiger partial charge >= 0.3 is 0 Å². The van der Waals surface area contributed by atoms with Crippen LogP contribution in [0.5, 0.6) is 0 Å². The number of hydrogen-bond donors (Lipinski definition) is 1. The number of benzene rings is 1. The molecule has 1 amide bonds. The standard InChI is InChI=1S/C17H20ClN3O3/c1-12(10-13-4-3-5-14(18)11-13)19-17(23)15-6-7-16(22)21(20-15)8-9-24-2/h3-7,11-12H,8-10H2,1-2H3,(H,19,23)/t12-/m1/s1. The average Bonchev–Trinajstić information content (AvgIpc) is 2.53. The topological polar surface area (TPSA) is 73.2 Å². The second-order valence-corrected chi connectivity index (χ2v) is 5.92. The van der Waals surface area contributed by atoms with Crippen molar-refractivity contribution in [1.82, 2.24) is 15.1 Å². The monoisotopic (exact) mass is 349 g/mol. The summed E-state index contributed by atoms with van der Waals surface area (Å²) in [7, 11) is 1.54. The molecule has 0 fully saturated rings. The van der Waals surface area contributed by atoms with E-state index >= 15 is 0 Å². The lowest BCUT2D eigenvalue weighted by atomic mass is 10.1. The molecule has 2 rings (SSSR count). The summed E-state index contributed by atoms with van der Waals surface area (Å²) in [5.41, 5.74) is 0.965. The molecule has 7 heteroatoms. The van der Waals surface area contributed by atoms with E-state index in [2.05, 4.69) is 10.4 Å². The van der Waals surface area contributed by atoms with Crippen LogP contribution in [0.15, 0.2) is 41.2 Å². The predicted molar refractivity (Wildman–Crippen MR) is 92.5 cm³/mol. The first-order valence-electron chi connectivity index (χ1n) is 7.62. The van der Waals surface area contributed by atoms with Crippen molar-refractivity contribution < 1.29 is 9.53 Å². The maximum absolute atomic E-state index is 12.3. The fourth-order valence-corrected chi connectivity index (χ4v) is 2.49. The summed E-state index contributed by atoms with van der Waals surface area (Å²) < 4.78 is 6.15. The van der Waals surface area contributed by atoms with E-state index in [1.165, 1.54) is 16.8 Å². The molecular formula is C17H20ClN3O3. The van der Waals surface area contributed by atoms with Crippen LogP contribution in [-0.4, -0.2) is 35.4 Å². The van der Waals surface area contributed by atoms with Crippen LogP contribution in [0.25, 0.3) is 0 Å². The number of ether oxygens (including phenoxy) is 1. The van der Waals surface area contributed by atoms with Crippen LogP contribution in [-0.2, 0) is 17.7 Å². The Hall–Kier alpha value is -2.18. The van der Waals surface area contributed by atoms with Crippen LogP contribution in [0.4, 0.5) is 0 Å².